The lowest BCUT2D eigenvalue weighted by molar-refractivity contribution is 0.249. The summed E-state index contributed by atoms with van der Waals surface area (Å²) in [5.74, 6) is -0.394. The molecule has 1 aromatic rings. The molecule has 0 atom stereocenters. The molecule has 4 nitrogen and oxygen atoms in total. The largest absolute Gasteiger partial charge is 0.398 e. The lowest BCUT2D eigenvalue weighted by Gasteiger charge is -2.31. The van der Waals surface area contributed by atoms with E-state index in [1.165, 1.54) is 16.4 Å². The zero-order valence-corrected chi connectivity index (χ0v) is 11.8. The van der Waals surface area contributed by atoms with Gasteiger partial charge in [0, 0.05) is 13.1 Å². The number of nitrogen functional groups attached to an aromatic ring is 1. The van der Waals surface area contributed by atoms with E-state index in [4.69, 9.17) is 5.73 Å². The van der Waals surface area contributed by atoms with Crippen LogP contribution in [0.3, 0.4) is 0 Å². The minimum absolute atomic E-state index is 0.0351. The van der Waals surface area contributed by atoms with Crippen LogP contribution in [0.15, 0.2) is 23.1 Å². The summed E-state index contributed by atoms with van der Waals surface area (Å²) in [6, 6.07) is 3.94. The summed E-state index contributed by atoms with van der Waals surface area (Å²) in [7, 11) is -3.85. The molecule has 19 heavy (non-hydrogen) atoms. The third-order valence-corrected chi connectivity index (χ3v) is 5.67. The predicted octanol–water partition coefficient (Wildman–Crippen LogP) is 2.22. The Bertz CT molecular complexity index is 536. The van der Waals surface area contributed by atoms with E-state index in [0.29, 0.717) is 19.0 Å². The molecule has 0 bridgehead atoms. The molecule has 2 N–H and O–H groups in total. The molecule has 1 aromatic carbocycles. The molecule has 1 fully saturated rings. The number of nitrogens with zero attached hydrogens (tertiary/aromatic N) is 1. The Morgan fingerprint density at radius 2 is 2.11 bits per heavy atom. The van der Waals surface area contributed by atoms with Gasteiger partial charge in [0.1, 0.15) is 10.7 Å². The highest BCUT2D eigenvalue weighted by Crippen LogP contribution is 2.31. The van der Waals surface area contributed by atoms with Gasteiger partial charge in [-0.05, 0) is 30.9 Å². The molecule has 0 heterocycles. The van der Waals surface area contributed by atoms with Gasteiger partial charge in [-0.15, -0.1) is 0 Å². The molecule has 0 aliphatic heterocycles. The topological polar surface area (TPSA) is 63.4 Å². The molecular weight excluding hydrogens is 267 g/mol. The first-order chi connectivity index (χ1) is 8.96. The summed E-state index contributed by atoms with van der Waals surface area (Å²) in [6.45, 7) is 2.53. The Morgan fingerprint density at radius 3 is 2.58 bits per heavy atom. The minimum Gasteiger partial charge on any atom is -0.398 e. The first kappa shape index (κ1) is 14.3. The van der Waals surface area contributed by atoms with Gasteiger partial charge in [0.15, 0.2) is 0 Å². The number of benzene rings is 1. The highest BCUT2D eigenvalue weighted by Gasteiger charge is 2.31. The second-order valence-electron chi connectivity index (χ2n) is 4.91. The van der Waals surface area contributed by atoms with E-state index in [1.54, 1.807) is 6.92 Å². The van der Waals surface area contributed by atoms with Gasteiger partial charge in [-0.3, -0.25) is 0 Å². The van der Waals surface area contributed by atoms with Gasteiger partial charge in [-0.1, -0.05) is 19.4 Å². The van der Waals surface area contributed by atoms with Crippen molar-refractivity contribution in [2.45, 2.75) is 31.1 Å². The molecule has 0 saturated heterocycles. The molecule has 6 heteroatoms. The van der Waals surface area contributed by atoms with Crippen LogP contribution in [0.4, 0.5) is 10.1 Å². The molecule has 1 aliphatic carbocycles. The second kappa shape index (κ2) is 5.46. The van der Waals surface area contributed by atoms with E-state index in [0.717, 1.165) is 25.3 Å². The van der Waals surface area contributed by atoms with Crippen LogP contribution in [0.2, 0.25) is 0 Å². The van der Waals surface area contributed by atoms with Crippen LogP contribution < -0.4 is 5.73 Å². The van der Waals surface area contributed by atoms with E-state index in [1.807, 2.05) is 0 Å². The van der Waals surface area contributed by atoms with Crippen LogP contribution in [0.25, 0.3) is 0 Å². The summed E-state index contributed by atoms with van der Waals surface area (Å²) in [6.07, 6.45) is 3.22. The van der Waals surface area contributed by atoms with Crippen molar-refractivity contribution in [2.24, 2.45) is 5.92 Å². The van der Waals surface area contributed by atoms with E-state index < -0.39 is 20.7 Å². The predicted molar refractivity (Wildman–Crippen MR) is 72.6 cm³/mol. The Kier molecular flexibility index (Phi) is 4.10. The molecule has 2 rings (SSSR count). The van der Waals surface area contributed by atoms with Crippen molar-refractivity contribution in [1.29, 1.82) is 0 Å². The maximum absolute atomic E-state index is 13.8. The smallest absolute Gasteiger partial charge is 0.248 e. The number of rotatable bonds is 5. The van der Waals surface area contributed by atoms with Crippen LogP contribution in [0.1, 0.15) is 26.2 Å². The summed E-state index contributed by atoms with van der Waals surface area (Å²) < 4.78 is 40.1. The Morgan fingerprint density at radius 1 is 1.42 bits per heavy atom. The molecule has 1 saturated carbocycles. The number of nitrogens with two attached hydrogens (primary N) is 1. The van der Waals surface area contributed by atoms with Crippen molar-refractivity contribution in [3.8, 4) is 0 Å². The number of halogens is 1. The van der Waals surface area contributed by atoms with E-state index in [9.17, 15) is 12.8 Å². The summed E-state index contributed by atoms with van der Waals surface area (Å²) in [5, 5.41) is 0. The maximum atomic E-state index is 13.8. The molecule has 0 aromatic heterocycles. The van der Waals surface area contributed by atoms with Crippen LogP contribution in [-0.4, -0.2) is 25.8 Å². The first-order valence-electron chi connectivity index (χ1n) is 6.51. The van der Waals surface area contributed by atoms with Gasteiger partial charge in [0.2, 0.25) is 10.0 Å². The Labute approximate surface area is 113 Å². The number of hydrogen-bond acceptors (Lipinski definition) is 3. The van der Waals surface area contributed by atoms with E-state index >= 15 is 0 Å². The minimum atomic E-state index is -3.85. The zero-order chi connectivity index (χ0) is 14.0. The van der Waals surface area contributed by atoms with Gasteiger partial charge >= 0.3 is 0 Å². The highest BCUT2D eigenvalue weighted by molar-refractivity contribution is 7.89. The maximum Gasteiger partial charge on any atom is 0.248 e. The average molecular weight is 286 g/mol. The summed E-state index contributed by atoms with van der Waals surface area (Å²) in [4.78, 5) is -0.392. The quantitative estimate of drug-likeness (QED) is 0.844. The van der Waals surface area contributed by atoms with Crippen molar-refractivity contribution < 1.29 is 12.8 Å². The molecule has 1 aliphatic rings. The van der Waals surface area contributed by atoms with Crippen molar-refractivity contribution in [3.05, 3.63) is 24.0 Å². The third kappa shape index (κ3) is 2.74. The van der Waals surface area contributed by atoms with E-state index in [2.05, 4.69) is 0 Å². The summed E-state index contributed by atoms with van der Waals surface area (Å²) in [5.41, 5.74) is 5.60. The molecule has 0 spiro atoms. The van der Waals surface area contributed by atoms with Crippen LogP contribution >= 0.6 is 0 Å². The van der Waals surface area contributed by atoms with Crippen molar-refractivity contribution >= 4 is 15.7 Å². The fourth-order valence-corrected chi connectivity index (χ4v) is 3.97. The third-order valence-electron chi connectivity index (χ3n) is 3.63. The van der Waals surface area contributed by atoms with Crippen molar-refractivity contribution in [2.75, 3.05) is 18.8 Å². The van der Waals surface area contributed by atoms with Crippen LogP contribution in [0.5, 0.6) is 0 Å². The fraction of sp³-hybridized carbons (Fsp3) is 0.538. The summed E-state index contributed by atoms with van der Waals surface area (Å²) >= 11 is 0. The van der Waals surface area contributed by atoms with Crippen LogP contribution in [-0.2, 0) is 10.0 Å². The zero-order valence-electron chi connectivity index (χ0n) is 11.0. The first-order valence-corrected chi connectivity index (χ1v) is 7.95. The highest BCUT2D eigenvalue weighted by atomic mass is 32.2. The van der Waals surface area contributed by atoms with Gasteiger partial charge in [-0.2, -0.15) is 4.31 Å². The fourth-order valence-electron chi connectivity index (χ4n) is 2.29. The second-order valence-corrected chi connectivity index (χ2v) is 6.79. The van der Waals surface area contributed by atoms with Crippen molar-refractivity contribution in [3.63, 3.8) is 0 Å². The standard InChI is InChI=1S/C13H19FN2O2S/c1-2-16(9-10-5-3-6-10)19(17,18)13-11(14)7-4-8-12(13)15/h4,7-8,10H,2-3,5-6,9,15H2,1H3. The van der Waals surface area contributed by atoms with Gasteiger partial charge in [-0.25, -0.2) is 12.8 Å². The number of anilines is 1. The molecule has 0 amide bonds. The average Bonchev–Trinajstić information content (AvgIpc) is 2.26. The SMILES string of the molecule is CCN(CC1CCC1)S(=O)(=O)c1c(N)cccc1F. The number of hydrogen-bond donors (Lipinski definition) is 1. The normalized spacial score (nSPS) is 16.6. The molecular formula is C13H19FN2O2S. The lowest BCUT2D eigenvalue weighted by Crippen LogP contribution is -2.37. The van der Waals surface area contributed by atoms with Crippen LogP contribution in [0, 0.1) is 11.7 Å². The molecule has 106 valence electrons. The van der Waals surface area contributed by atoms with Gasteiger partial charge in [0.25, 0.3) is 0 Å². The van der Waals surface area contributed by atoms with Gasteiger partial charge < -0.3 is 5.73 Å². The number of sulfonamides is 1. The molecule has 0 radical (unpaired) electrons. The Hall–Kier alpha value is -1.14. The van der Waals surface area contributed by atoms with Gasteiger partial charge in [0.05, 0.1) is 5.69 Å². The Balaban J connectivity index is 2.33. The lowest BCUT2D eigenvalue weighted by atomic mass is 9.85. The van der Waals surface area contributed by atoms with Crippen molar-refractivity contribution in [1.82, 2.24) is 4.31 Å². The van der Waals surface area contributed by atoms with E-state index in [-0.39, 0.29) is 5.69 Å². The monoisotopic (exact) mass is 286 g/mol. The molecule has 0 unspecified atom stereocenters.